The molecule has 2 rings (SSSR count). The number of aryl methyl sites for hydroxylation is 1. The van der Waals surface area contributed by atoms with E-state index in [0.717, 1.165) is 0 Å². The van der Waals surface area contributed by atoms with Crippen LogP contribution < -0.4 is 5.56 Å². The summed E-state index contributed by atoms with van der Waals surface area (Å²) in [7, 11) is 0. The van der Waals surface area contributed by atoms with Crippen molar-refractivity contribution in [2.24, 2.45) is 0 Å². The molecule has 0 unspecified atom stereocenters. The van der Waals surface area contributed by atoms with Gasteiger partial charge in [-0.3, -0.25) is 4.79 Å². The van der Waals surface area contributed by atoms with Gasteiger partial charge in [0.25, 0.3) is 5.56 Å². The molecular formula is C14H14ClFN2O. The smallest absolute Gasteiger partial charge is 0.254 e. The molecular weight excluding hydrogens is 267 g/mol. The first-order valence-electron chi connectivity index (χ1n) is 5.97. The van der Waals surface area contributed by atoms with E-state index in [4.69, 9.17) is 11.6 Å². The second-order valence-electron chi connectivity index (χ2n) is 4.67. The molecule has 0 saturated carbocycles. The summed E-state index contributed by atoms with van der Waals surface area (Å²) >= 11 is 5.73. The summed E-state index contributed by atoms with van der Waals surface area (Å²) in [5.41, 5.74) is 1.18. The fourth-order valence-electron chi connectivity index (χ4n) is 2.09. The Morgan fingerprint density at radius 3 is 2.63 bits per heavy atom. The second-order valence-corrected chi connectivity index (χ2v) is 5.08. The maximum atomic E-state index is 13.9. The van der Waals surface area contributed by atoms with Gasteiger partial charge in [0.05, 0.1) is 10.6 Å². The molecule has 0 radical (unpaired) electrons. The lowest BCUT2D eigenvalue weighted by molar-refractivity contribution is 0.630. The summed E-state index contributed by atoms with van der Waals surface area (Å²) in [6, 6.07) is 4.61. The first-order chi connectivity index (χ1) is 8.91. The van der Waals surface area contributed by atoms with Crippen LogP contribution in [0.25, 0.3) is 11.4 Å². The van der Waals surface area contributed by atoms with E-state index in [1.807, 2.05) is 13.8 Å². The van der Waals surface area contributed by atoms with Crippen molar-refractivity contribution in [3.63, 3.8) is 0 Å². The molecule has 0 saturated heterocycles. The Morgan fingerprint density at radius 2 is 2.05 bits per heavy atom. The van der Waals surface area contributed by atoms with Crippen molar-refractivity contribution in [1.82, 2.24) is 9.97 Å². The third-order valence-electron chi connectivity index (χ3n) is 2.93. The number of hydrogen-bond acceptors (Lipinski definition) is 2. The number of aromatic nitrogens is 2. The van der Waals surface area contributed by atoms with E-state index in [1.54, 1.807) is 13.0 Å². The summed E-state index contributed by atoms with van der Waals surface area (Å²) in [5, 5.41) is 0.00531. The molecule has 0 amide bonds. The Kier molecular flexibility index (Phi) is 3.71. The van der Waals surface area contributed by atoms with Crippen LogP contribution in [0.1, 0.15) is 31.0 Å². The van der Waals surface area contributed by atoms with Gasteiger partial charge >= 0.3 is 0 Å². The lowest BCUT2D eigenvalue weighted by Crippen LogP contribution is -2.18. The predicted molar refractivity (Wildman–Crippen MR) is 74.1 cm³/mol. The van der Waals surface area contributed by atoms with E-state index in [1.165, 1.54) is 12.1 Å². The standard InChI is InChI=1S/C14H14ClFN2O/c1-7(2)11-8(3)17-13(18-14(11)19)9-5-4-6-10(15)12(9)16/h4-7H,1-3H3,(H,17,18,19). The molecule has 1 N–H and O–H groups in total. The van der Waals surface area contributed by atoms with Gasteiger partial charge in [0.1, 0.15) is 5.82 Å². The molecule has 19 heavy (non-hydrogen) atoms. The third-order valence-corrected chi connectivity index (χ3v) is 3.22. The minimum Gasteiger partial charge on any atom is -0.306 e. The molecule has 3 nitrogen and oxygen atoms in total. The first-order valence-corrected chi connectivity index (χ1v) is 6.34. The van der Waals surface area contributed by atoms with Crippen LogP contribution in [0.15, 0.2) is 23.0 Å². The van der Waals surface area contributed by atoms with E-state index in [0.29, 0.717) is 11.3 Å². The van der Waals surface area contributed by atoms with Gasteiger partial charge in [0.2, 0.25) is 0 Å². The van der Waals surface area contributed by atoms with Gasteiger partial charge in [-0.25, -0.2) is 9.37 Å². The van der Waals surface area contributed by atoms with Crippen LogP contribution in [0.5, 0.6) is 0 Å². The Morgan fingerprint density at radius 1 is 1.37 bits per heavy atom. The van der Waals surface area contributed by atoms with Crippen LogP contribution >= 0.6 is 11.6 Å². The highest BCUT2D eigenvalue weighted by Crippen LogP contribution is 2.25. The average molecular weight is 281 g/mol. The highest BCUT2D eigenvalue weighted by molar-refractivity contribution is 6.31. The molecule has 0 fully saturated rings. The number of nitrogens with zero attached hydrogens (tertiary/aromatic N) is 1. The van der Waals surface area contributed by atoms with Crippen LogP contribution in [0, 0.1) is 12.7 Å². The number of hydrogen-bond donors (Lipinski definition) is 1. The largest absolute Gasteiger partial charge is 0.306 e. The van der Waals surface area contributed by atoms with Gasteiger partial charge in [0, 0.05) is 11.3 Å². The monoisotopic (exact) mass is 280 g/mol. The number of H-pyrrole nitrogens is 1. The number of rotatable bonds is 2. The third kappa shape index (κ3) is 2.54. The second kappa shape index (κ2) is 5.13. The summed E-state index contributed by atoms with van der Waals surface area (Å²) in [5.74, 6) is -0.314. The van der Waals surface area contributed by atoms with Gasteiger partial charge in [-0.15, -0.1) is 0 Å². The van der Waals surface area contributed by atoms with Gasteiger partial charge < -0.3 is 4.98 Å². The van der Waals surface area contributed by atoms with Crippen molar-refractivity contribution in [3.8, 4) is 11.4 Å². The van der Waals surface area contributed by atoms with Gasteiger partial charge in [-0.1, -0.05) is 31.5 Å². The van der Waals surface area contributed by atoms with E-state index >= 15 is 0 Å². The zero-order valence-electron chi connectivity index (χ0n) is 10.9. The maximum absolute atomic E-state index is 13.9. The molecule has 0 bridgehead atoms. The molecule has 0 aliphatic heterocycles. The van der Waals surface area contributed by atoms with Crippen LogP contribution in [0.3, 0.4) is 0 Å². The van der Waals surface area contributed by atoms with Gasteiger partial charge in [0.15, 0.2) is 5.82 Å². The Labute approximate surface area is 115 Å². The van der Waals surface area contributed by atoms with Gasteiger partial charge in [-0.05, 0) is 25.0 Å². The summed E-state index contributed by atoms with van der Waals surface area (Å²) in [4.78, 5) is 18.9. The molecule has 0 atom stereocenters. The van der Waals surface area contributed by atoms with Crippen molar-refractivity contribution >= 4 is 11.6 Å². The fourth-order valence-corrected chi connectivity index (χ4v) is 2.26. The van der Waals surface area contributed by atoms with Crippen LogP contribution in [-0.2, 0) is 0 Å². The Balaban J connectivity index is 2.66. The molecule has 0 aliphatic rings. The fraction of sp³-hybridized carbons (Fsp3) is 0.286. The van der Waals surface area contributed by atoms with E-state index in [-0.39, 0.29) is 27.9 Å². The normalized spacial score (nSPS) is 11.1. The number of benzene rings is 1. The lowest BCUT2D eigenvalue weighted by Gasteiger charge is -2.10. The molecule has 1 aromatic heterocycles. The van der Waals surface area contributed by atoms with Crippen molar-refractivity contribution in [3.05, 3.63) is 50.7 Å². The molecule has 1 aromatic carbocycles. The zero-order valence-corrected chi connectivity index (χ0v) is 11.7. The molecule has 5 heteroatoms. The zero-order chi connectivity index (χ0) is 14.2. The van der Waals surface area contributed by atoms with Gasteiger partial charge in [-0.2, -0.15) is 0 Å². The minimum absolute atomic E-state index is 0.00531. The highest BCUT2D eigenvalue weighted by atomic mass is 35.5. The van der Waals surface area contributed by atoms with Crippen molar-refractivity contribution in [2.45, 2.75) is 26.7 Å². The number of nitrogens with one attached hydrogen (secondary N) is 1. The van der Waals surface area contributed by atoms with Crippen molar-refractivity contribution in [2.75, 3.05) is 0 Å². The predicted octanol–water partition coefficient (Wildman–Crippen LogP) is 3.66. The summed E-state index contributed by atoms with van der Waals surface area (Å²) in [6.45, 7) is 5.58. The van der Waals surface area contributed by atoms with Crippen molar-refractivity contribution < 1.29 is 4.39 Å². The van der Waals surface area contributed by atoms with Crippen LogP contribution in [0.4, 0.5) is 4.39 Å². The molecule has 100 valence electrons. The van der Waals surface area contributed by atoms with Crippen LogP contribution in [-0.4, -0.2) is 9.97 Å². The quantitative estimate of drug-likeness (QED) is 0.912. The first kappa shape index (κ1) is 13.7. The number of halogens is 2. The maximum Gasteiger partial charge on any atom is 0.254 e. The average Bonchev–Trinajstić information content (AvgIpc) is 2.31. The van der Waals surface area contributed by atoms with E-state index < -0.39 is 5.82 Å². The SMILES string of the molecule is Cc1nc(-c2cccc(Cl)c2F)[nH]c(=O)c1C(C)C. The minimum atomic E-state index is -0.580. The van der Waals surface area contributed by atoms with Crippen molar-refractivity contribution in [1.29, 1.82) is 0 Å². The Hall–Kier alpha value is -1.68. The molecule has 0 spiro atoms. The molecule has 1 heterocycles. The topological polar surface area (TPSA) is 45.8 Å². The molecule has 2 aromatic rings. The summed E-state index contributed by atoms with van der Waals surface area (Å²) < 4.78 is 13.9. The number of aromatic amines is 1. The van der Waals surface area contributed by atoms with Crippen LogP contribution in [0.2, 0.25) is 5.02 Å². The Bertz CT molecular complexity index is 680. The lowest BCUT2D eigenvalue weighted by atomic mass is 10.0. The molecule has 0 aliphatic carbocycles. The highest BCUT2D eigenvalue weighted by Gasteiger charge is 2.15. The summed E-state index contributed by atoms with van der Waals surface area (Å²) in [6.07, 6.45) is 0. The van der Waals surface area contributed by atoms with E-state index in [2.05, 4.69) is 9.97 Å². The van der Waals surface area contributed by atoms with E-state index in [9.17, 15) is 9.18 Å².